The highest BCUT2D eigenvalue weighted by Gasteiger charge is 2.16. The van der Waals surface area contributed by atoms with E-state index in [-0.39, 0.29) is 0 Å². The highest BCUT2D eigenvalue weighted by Crippen LogP contribution is 2.41. The Kier molecular flexibility index (Phi) is 3.04. The molecule has 1 aromatic heterocycles. The van der Waals surface area contributed by atoms with Crippen LogP contribution in [-0.4, -0.2) is 7.11 Å². The number of methoxy groups -OCH3 is 1. The summed E-state index contributed by atoms with van der Waals surface area (Å²) in [7, 11) is 1.68. The Morgan fingerprint density at radius 2 is 1.56 bits per heavy atom. The number of ether oxygens (including phenoxy) is 1. The van der Waals surface area contributed by atoms with Crippen LogP contribution in [0.2, 0.25) is 0 Å². The Labute approximate surface area is 145 Å². The molecule has 5 aromatic rings. The van der Waals surface area contributed by atoms with E-state index < -0.39 is 0 Å². The first-order chi connectivity index (χ1) is 12.3. The Bertz CT molecular complexity index is 1220. The third-order valence-electron chi connectivity index (χ3n) is 4.76. The third kappa shape index (κ3) is 2.11. The van der Waals surface area contributed by atoms with Crippen LogP contribution in [0.15, 0.2) is 83.3 Å². The van der Waals surface area contributed by atoms with E-state index in [1.807, 2.05) is 18.2 Å². The molecule has 0 saturated carbocycles. The van der Waals surface area contributed by atoms with Gasteiger partial charge in [-0.25, -0.2) is 0 Å². The topological polar surface area (TPSA) is 22.4 Å². The molecule has 120 valence electrons. The molecule has 5 rings (SSSR count). The number of benzene rings is 4. The molecule has 0 saturated heterocycles. The summed E-state index contributed by atoms with van der Waals surface area (Å²) in [6, 6.07) is 27.1. The van der Waals surface area contributed by atoms with Crippen molar-refractivity contribution in [1.82, 2.24) is 0 Å². The third-order valence-corrected chi connectivity index (χ3v) is 4.76. The minimum absolute atomic E-state index is 0.803. The Hall–Kier alpha value is -3.26. The number of furan rings is 1. The van der Waals surface area contributed by atoms with Crippen LogP contribution in [0.1, 0.15) is 0 Å². The quantitative estimate of drug-likeness (QED) is 0.374. The SMILES string of the molecule is COc1ccc2c(c1)oc1c(-c3ccccc3)cc3ccccc3c12. The van der Waals surface area contributed by atoms with Crippen LogP contribution in [0.5, 0.6) is 5.75 Å². The standard InChI is InChI=1S/C23H16O2/c1-24-17-11-12-19-21(14-17)25-23-20(15-7-3-2-4-8-15)13-16-9-5-6-10-18(16)22(19)23/h2-14H,1H3. The van der Waals surface area contributed by atoms with Crippen LogP contribution in [0, 0.1) is 0 Å². The van der Waals surface area contributed by atoms with E-state index in [2.05, 4.69) is 60.7 Å². The smallest absolute Gasteiger partial charge is 0.143 e. The lowest BCUT2D eigenvalue weighted by Gasteiger charge is -2.06. The first-order valence-corrected chi connectivity index (χ1v) is 8.32. The molecule has 0 N–H and O–H groups in total. The second kappa shape index (κ2) is 5.38. The lowest BCUT2D eigenvalue weighted by molar-refractivity contribution is 0.414. The number of fused-ring (bicyclic) bond motifs is 5. The first-order valence-electron chi connectivity index (χ1n) is 8.32. The number of hydrogen-bond acceptors (Lipinski definition) is 2. The fraction of sp³-hybridized carbons (Fsp3) is 0.0435. The summed E-state index contributed by atoms with van der Waals surface area (Å²) < 4.78 is 11.7. The van der Waals surface area contributed by atoms with Crippen LogP contribution in [0.4, 0.5) is 0 Å². The van der Waals surface area contributed by atoms with Crippen molar-refractivity contribution >= 4 is 32.7 Å². The van der Waals surface area contributed by atoms with E-state index in [4.69, 9.17) is 9.15 Å². The molecule has 0 radical (unpaired) electrons. The fourth-order valence-corrected chi connectivity index (χ4v) is 3.56. The van der Waals surface area contributed by atoms with Gasteiger partial charge in [0.15, 0.2) is 0 Å². The van der Waals surface area contributed by atoms with Gasteiger partial charge in [-0.3, -0.25) is 0 Å². The molecule has 25 heavy (non-hydrogen) atoms. The van der Waals surface area contributed by atoms with Gasteiger partial charge in [0.2, 0.25) is 0 Å². The van der Waals surface area contributed by atoms with Crippen molar-refractivity contribution in [2.45, 2.75) is 0 Å². The molecule has 0 aliphatic carbocycles. The summed E-state index contributed by atoms with van der Waals surface area (Å²) in [5, 5.41) is 4.70. The second-order valence-corrected chi connectivity index (χ2v) is 6.18. The number of rotatable bonds is 2. The van der Waals surface area contributed by atoms with Crippen molar-refractivity contribution in [2.24, 2.45) is 0 Å². The van der Waals surface area contributed by atoms with Gasteiger partial charge in [-0.2, -0.15) is 0 Å². The molecular weight excluding hydrogens is 308 g/mol. The summed E-state index contributed by atoms with van der Waals surface area (Å²) in [6.07, 6.45) is 0. The van der Waals surface area contributed by atoms with E-state index in [1.54, 1.807) is 7.11 Å². The average molecular weight is 324 g/mol. The highest BCUT2D eigenvalue weighted by atomic mass is 16.5. The van der Waals surface area contributed by atoms with Gasteiger partial charge in [-0.15, -0.1) is 0 Å². The van der Waals surface area contributed by atoms with Gasteiger partial charge in [0.25, 0.3) is 0 Å². The molecule has 0 aliphatic heterocycles. The molecule has 2 nitrogen and oxygen atoms in total. The Morgan fingerprint density at radius 1 is 0.760 bits per heavy atom. The van der Waals surface area contributed by atoms with Crippen molar-refractivity contribution in [3.8, 4) is 16.9 Å². The van der Waals surface area contributed by atoms with Crippen molar-refractivity contribution < 1.29 is 9.15 Å². The predicted octanol–water partition coefficient (Wildman–Crippen LogP) is 6.41. The average Bonchev–Trinajstić information content (AvgIpc) is 3.06. The fourth-order valence-electron chi connectivity index (χ4n) is 3.56. The predicted molar refractivity (Wildman–Crippen MR) is 103 cm³/mol. The van der Waals surface area contributed by atoms with E-state index in [1.165, 1.54) is 10.8 Å². The van der Waals surface area contributed by atoms with E-state index >= 15 is 0 Å². The summed E-state index contributed by atoms with van der Waals surface area (Å²) in [6.45, 7) is 0. The lowest BCUT2D eigenvalue weighted by Crippen LogP contribution is -1.82. The molecule has 0 bridgehead atoms. The molecule has 0 fully saturated rings. The van der Waals surface area contributed by atoms with Gasteiger partial charge in [0, 0.05) is 22.4 Å². The van der Waals surface area contributed by atoms with Crippen molar-refractivity contribution in [3.05, 3.63) is 78.9 Å². The van der Waals surface area contributed by atoms with Crippen LogP contribution in [-0.2, 0) is 0 Å². The van der Waals surface area contributed by atoms with E-state index in [9.17, 15) is 0 Å². The van der Waals surface area contributed by atoms with Crippen molar-refractivity contribution in [1.29, 1.82) is 0 Å². The largest absolute Gasteiger partial charge is 0.497 e. The maximum atomic E-state index is 6.31. The maximum absolute atomic E-state index is 6.31. The van der Waals surface area contributed by atoms with Crippen LogP contribution >= 0.6 is 0 Å². The second-order valence-electron chi connectivity index (χ2n) is 6.18. The normalized spacial score (nSPS) is 11.4. The first kappa shape index (κ1) is 14.1. The van der Waals surface area contributed by atoms with Gasteiger partial charge in [0.1, 0.15) is 16.9 Å². The van der Waals surface area contributed by atoms with Crippen LogP contribution in [0.25, 0.3) is 43.8 Å². The molecular formula is C23H16O2. The van der Waals surface area contributed by atoms with E-state index in [0.29, 0.717) is 0 Å². The van der Waals surface area contributed by atoms with Crippen LogP contribution in [0.3, 0.4) is 0 Å². The Balaban J connectivity index is 1.99. The lowest BCUT2D eigenvalue weighted by atomic mass is 9.96. The number of hydrogen-bond donors (Lipinski definition) is 0. The maximum Gasteiger partial charge on any atom is 0.143 e. The summed E-state index contributed by atoms with van der Waals surface area (Å²) in [5.74, 6) is 0.803. The van der Waals surface area contributed by atoms with E-state index in [0.717, 1.165) is 38.8 Å². The minimum Gasteiger partial charge on any atom is -0.497 e. The highest BCUT2D eigenvalue weighted by molar-refractivity contribution is 6.22. The monoisotopic (exact) mass is 324 g/mol. The van der Waals surface area contributed by atoms with Crippen LogP contribution < -0.4 is 4.74 Å². The summed E-state index contributed by atoms with van der Waals surface area (Å²) in [4.78, 5) is 0. The molecule has 0 aliphatic rings. The van der Waals surface area contributed by atoms with Gasteiger partial charge in [-0.05, 0) is 34.5 Å². The minimum atomic E-state index is 0.803. The van der Waals surface area contributed by atoms with Gasteiger partial charge < -0.3 is 9.15 Å². The zero-order chi connectivity index (χ0) is 16.8. The molecule has 0 amide bonds. The summed E-state index contributed by atoms with van der Waals surface area (Å²) in [5.41, 5.74) is 4.05. The molecule has 0 atom stereocenters. The van der Waals surface area contributed by atoms with Gasteiger partial charge >= 0.3 is 0 Å². The molecule has 0 spiro atoms. The molecule has 1 heterocycles. The summed E-state index contributed by atoms with van der Waals surface area (Å²) >= 11 is 0. The molecule has 2 heteroatoms. The van der Waals surface area contributed by atoms with Crippen molar-refractivity contribution in [2.75, 3.05) is 7.11 Å². The zero-order valence-electron chi connectivity index (χ0n) is 13.8. The van der Waals surface area contributed by atoms with Gasteiger partial charge in [0.05, 0.1) is 7.11 Å². The zero-order valence-corrected chi connectivity index (χ0v) is 13.8. The Morgan fingerprint density at radius 3 is 2.40 bits per heavy atom. The molecule has 4 aromatic carbocycles. The van der Waals surface area contributed by atoms with Crippen molar-refractivity contribution in [3.63, 3.8) is 0 Å². The molecule has 0 unspecified atom stereocenters. The van der Waals surface area contributed by atoms with Gasteiger partial charge in [-0.1, -0.05) is 54.6 Å².